The lowest BCUT2D eigenvalue weighted by atomic mass is 10.1. The number of fused-ring (bicyclic) bond motifs is 3. The molecule has 0 spiro atoms. The maximum Gasteiger partial charge on any atom is 0.268 e. The van der Waals surface area contributed by atoms with Crippen molar-refractivity contribution in [3.8, 4) is 5.75 Å². The molecule has 7 heteroatoms. The minimum absolute atomic E-state index is 0.127. The van der Waals surface area contributed by atoms with Crippen molar-refractivity contribution in [2.75, 3.05) is 0 Å². The molecule has 0 saturated carbocycles. The number of phenolic OH excluding ortho intramolecular Hbond substituents is 1. The van der Waals surface area contributed by atoms with Gasteiger partial charge in [-0.25, -0.2) is 12.4 Å². The zero-order valence-corrected chi connectivity index (χ0v) is 16.7. The van der Waals surface area contributed by atoms with E-state index in [0.717, 1.165) is 5.56 Å². The zero-order chi connectivity index (χ0) is 18.6. The van der Waals surface area contributed by atoms with Crippen LogP contribution in [0.1, 0.15) is 5.56 Å². The monoisotopic (exact) mass is 449 g/mol. The van der Waals surface area contributed by atoms with Crippen LogP contribution in [-0.4, -0.2) is 17.5 Å². The summed E-state index contributed by atoms with van der Waals surface area (Å²) in [6.45, 7) is 1.89. The van der Waals surface area contributed by atoms with Crippen LogP contribution >= 0.6 is 27.5 Å². The van der Waals surface area contributed by atoms with Crippen molar-refractivity contribution in [3.63, 3.8) is 0 Å². The molecular weight excluding hydrogens is 438 g/mol. The minimum atomic E-state index is -3.92. The molecule has 0 amide bonds. The van der Waals surface area contributed by atoms with Crippen molar-refractivity contribution in [2.24, 2.45) is 0 Å². The molecule has 1 N–H and O–H groups in total. The molecule has 0 saturated heterocycles. The number of hydrogen-bond donors (Lipinski definition) is 1. The van der Waals surface area contributed by atoms with Crippen LogP contribution in [0.3, 0.4) is 0 Å². The highest BCUT2D eigenvalue weighted by Gasteiger charge is 2.25. The van der Waals surface area contributed by atoms with Crippen LogP contribution in [0.25, 0.3) is 21.8 Å². The normalized spacial score (nSPS) is 12.1. The molecule has 0 fully saturated rings. The number of benzene rings is 3. The van der Waals surface area contributed by atoms with Crippen LogP contribution in [0.5, 0.6) is 5.75 Å². The number of aromatic nitrogens is 1. The van der Waals surface area contributed by atoms with Gasteiger partial charge < -0.3 is 5.11 Å². The first kappa shape index (κ1) is 17.4. The topological polar surface area (TPSA) is 59.3 Å². The van der Waals surface area contributed by atoms with Crippen LogP contribution in [0.15, 0.2) is 64.0 Å². The molecule has 4 rings (SSSR count). The van der Waals surface area contributed by atoms with Crippen molar-refractivity contribution in [3.05, 3.63) is 69.7 Å². The van der Waals surface area contributed by atoms with Gasteiger partial charge in [0.1, 0.15) is 11.3 Å². The Morgan fingerprint density at radius 3 is 2.38 bits per heavy atom. The van der Waals surface area contributed by atoms with Crippen LogP contribution in [0.4, 0.5) is 0 Å². The molecule has 0 atom stereocenters. The average molecular weight is 451 g/mol. The van der Waals surface area contributed by atoms with E-state index < -0.39 is 10.0 Å². The van der Waals surface area contributed by atoms with Crippen LogP contribution in [0, 0.1) is 6.92 Å². The summed E-state index contributed by atoms with van der Waals surface area (Å²) in [5.74, 6) is -0.127. The Hall–Kier alpha value is -2.02. The number of aromatic hydroxyl groups is 1. The van der Waals surface area contributed by atoms with Gasteiger partial charge in [-0.15, -0.1) is 0 Å². The van der Waals surface area contributed by atoms with E-state index in [9.17, 15) is 13.5 Å². The van der Waals surface area contributed by atoms with Crippen molar-refractivity contribution in [2.45, 2.75) is 11.8 Å². The van der Waals surface area contributed by atoms with Crippen molar-refractivity contribution < 1.29 is 13.5 Å². The van der Waals surface area contributed by atoms with Crippen LogP contribution < -0.4 is 0 Å². The highest BCUT2D eigenvalue weighted by atomic mass is 79.9. The number of nitrogens with zero attached hydrogens (tertiary/aromatic N) is 1. The summed E-state index contributed by atoms with van der Waals surface area (Å²) in [5.41, 5.74) is 1.65. The molecular formula is C19H13BrClNO3S. The smallest absolute Gasteiger partial charge is 0.268 e. The predicted molar refractivity (Wildman–Crippen MR) is 108 cm³/mol. The number of halogens is 2. The summed E-state index contributed by atoms with van der Waals surface area (Å²) < 4.78 is 28.6. The van der Waals surface area contributed by atoms with E-state index in [1.807, 2.05) is 6.92 Å². The molecule has 0 aliphatic heterocycles. The van der Waals surface area contributed by atoms with E-state index >= 15 is 0 Å². The van der Waals surface area contributed by atoms with E-state index in [-0.39, 0.29) is 16.2 Å². The second-order valence-corrected chi connectivity index (χ2v) is 9.20. The zero-order valence-electron chi connectivity index (χ0n) is 13.6. The van der Waals surface area contributed by atoms with E-state index in [1.165, 1.54) is 10.0 Å². The first-order valence-corrected chi connectivity index (χ1v) is 10.3. The Labute approximate surface area is 163 Å². The van der Waals surface area contributed by atoms with E-state index in [1.54, 1.807) is 48.5 Å². The maximum atomic E-state index is 13.4. The fourth-order valence-electron chi connectivity index (χ4n) is 3.09. The number of hydrogen-bond acceptors (Lipinski definition) is 3. The molecule has 3 aromatic carbocycles. The standard InChI is InChI=1S/C19H13BrClNO3S/c1-11-2-5-14(6-3-11)26(24,25)22-17-7-4-13(21)10-15(17)16-8-12(20)9-18(23)19(16)22/h2-10,23H,1H3. The number of aryl methyl sites for hydroxylation is 1. The average Bonchev–Trinajstić information content (AvgIpc) is 2.90. The van der Waals surface area contributed by atoms with Gasteiger partial charge in [-0.05, 0) is 49.4 Å². The lowest BCUT2D eigenvalue weighted by molar-refractivity contribution is 0.479. The molecule has 0 aliphatic rings. The molecule has 4 nitrogen and oxygen atoms in total. The summed E-state index contributed by atoms with van der Waals surface area (Å²) in [6, 6.07) is 14.8. The molecule has 1 aromatic heterocycles. The molecule has 132 valence electrons. The fraction of sp³-hybridized carbons (Fsp3) is 0.0526. The Balaban J connectivity index is 2.19. The Kier molecular flexibility index (Phi) is 4.02. The highest BCUT2D eigenvalue weighted by molar-refractivity contribution is 9.10. The van der Waals surface area contributed by atoms with E-state index in [2.05, 4.69) is 15.9 Å². The Morgan fingerprint density at radius 1 is 1.00 bits per heavy atom. The van der Waals surface area contributed by atoms with Gasteiger partial charge in [0.25, 0.3) is 10.0 Å². The Bertz CT molecular complexity index is 1280. The van der Waals surface area contributed by atoms with Crippen molar-refractivity contribution >= 4 is 59.4 Å². The van der Waals surface area contributed by atoms with Crippen molar-refractivity contribution in [1.82, 2.24) is 3.97 Å². The number of phenols is 1. The quantitative estimate of drug-likeness (QED) is 0.441. The van der Waals surface area contributed by atoms with E-state index in [0.29, 0.717) is 25.8 Å². The summed E-state index contributed by atoms with van der Waals surface area (Å²) >= 11 is 9.47. The summed E-state index contributed by atoms with van der Waals surface area (Å²) in [6.07, 6.45) is 0. The lowest BCUT2D eigenvalue weighted by Crippen LogP contribution is -2.12. The summed E-state index contributed by atoms with van der Waals surface area (Å²) in [5, 5.41) is 12.3. The van der Waals surface area contributed by atoms with Gasteiger partial charge in [0.15, 0.2) is 0 Å². The molecule has 4 aromatic rings. The molecule has 26 heavy (non-hydrogen) atoms. The van der Waals surface area contributed by atoms with Gasteiger partial charge in [0.2, 0.25) is 0 Å². The van der Waals surface area contributed by atoms with Crippen LogP contribution in [0.2, 0.25) is 5.02 Å². The van der Waals surface area contributed by atoms with Gasteiger partial charge in [0.05, 0.1) is 10.4 Å². The fourth-order valence-corrected chi connectivity index (χ4v) is 5.25. The molecule has 0 unspecified atom stereocenters. The Morgan fingerprint density at radius 2 is 1.69 bits per heavy atom. The van der Waals surface area contributed by atoms with Crippen molar-refractivity contribution in [1.29, 1.82) is 0 Å². The molecule has 0 radical (unpaired) electrons. The second kappa shape index (κ2) is 6.01. The number of rotatable bonds is 2. The third kappa shape index (κ3) is 2.60. The largest absolute Gasteiger partial charge is 0.506 e. The van der Waals surface area contributed by atoms with Gasteiger partial charge in [-0.1, -0.05) is 45.2 Å². The second-order valence-electron chi connectivity index (χ2n) is 6.07. The highest BCUT2D eigenvalue weighted by Crippen LogP contribution is 2.39. The minimum Gasteiger partial charge on any atom is -0.506 e. The van der Waals surface area contributed by atoms with Gasteiger partial charge in [0, 0.05) is 20.3 Å². The van der Waals surface area contributed by atoms with Crippen LogP contribution in [-0.2, 0) is 10.0 Å². The molecule has 0 aliphatic carbocycles. The summed E-state index contributed by atoms with van der Waals surface area (Å²) in [4.78, 5) is 0.152. The maximum absolute atomic E-state index is 13.4. The predicted octanol–water partition coefficient (Wildman–Crippen LogP) is 5.46. The third-order valence-corrected chi connectivity index (χ3v) is 6.71. The molecule has 1 heterocycles. The van der Waals surface area contributed by atoms with Gasteiger partial charge >= 0.3 is 0 Å². The third-order valence-electron chi connectivity index (χ3n) is 4.28. The summed E-state index contributed by atoms with van der Waals surface area (Å²) in [7, 11) is -3.92. The van der Waals surface area contributed by atoms with Gasteiger partial charge in [-0.3, -0.25) is 0 Å². The van der Waals surface area contributed by atoms with E-state index in [4.69, 9.17) is 11.6 Å². The SMILES string of the molecule is Cc1ccc(S(=O)(=O)n2c3ccc(Cl)cc3c3cc(Br)cc(O)c32)cc1. The first-order chi connectivity index (χ1) is 12.3. The first-order valence-electron chi connectivity index (χ1n) is 7.73. The lowest BCUT2D eigenvalue weighted by Gasteiger charge is -2.10. The molecule has 0 bridgehead atoms. The van der Waals surface area contributed by atoms with Gasteiger partial charge in [-0.2, -0.15) is 0 Å².